The summed E-state index contributed by atoms with van der Waals surface area (Å²) in [4.78, 5) is 43.2. The molecule has 0 bridgehead atoms. The van der Waals surface area contributed by atoms with Crippen molar-refractivity contribution in [3.63, 3.8) is 0 Å². The molecule has 0 saturated carbocycles. The van der Waals surface area contributed by atoms with Gasteiger partial charge in [-0.1, -0.05) is 12.1 Å². The fraction of sp³-hybridized carbons (Fsp3) is 0.400. The van der Waals surface area contributed by atoms with Crippen molar-refractivity contribution < 1.29 is 23.9 Å². The van der Waals surface area contributed by atoms with Gasteiger partial charge in [0.05, 0.1) is 16.9 Å². The first kappa shape index (κ1) is 22.6. The molecule has 2 aromatic carbocycles. The van der Waals surface area contributed by atoms with Gasteiger partial charge in [0, 0.05) is 30.3 Å². The molecule has 3 aliphatic rings. The van der Waals surface area contributed by atoms with Gasteiger partial charge in [-0.3, -0.25) is 19.3 Å². The summed E-state index contributed by atoms with van der Waals surface area (Å²) < 4.78 is 11.3. The van der Waals surface area contributed by atoms with Crippen molar-refractivity contribution in [1.29, 1.82) is 0 Å². The molecule has 34 heavy (non-hydrogen) atoms. The molecular formula is C25H27N3O5S. The van der Waals surface area contributed by atoms with Crippen molar-refractivity contribution in [3.05, 3.63) is 42.0 Å². The minimum Gasteiger partial charge on any atom is -0.486 e. The van der Waals surface area contributed by atoms with Crippen LogP contribution < -0.4 is 19.7 Å². The van der Waals surface area contributed by atoms with Crippen molar-refractivity contribution >= 4 is 40.9 Å². The van der Waals surface area contributed by atoms with Crippen LogP contribution in [0, 0.1) is 0 Å². The number of rotatable bonds is 6. The minimum atomic E-state index is -0.707. The molecule has 0 radical (unpaired) electrons. The number of benzene rings is 2. The van der Waals surface area contributed by atoms with Gasteiger partial charge in [0.15, 0.2) is 11.5 Å². The summed E-state index contributed by atoms with van der Waals surface area (Å²) in [7, 11) is 0. The Kier molecular flexibility index (Phi) is 5.89. The van der Waals surface area contributed by atoms with Crippen molar-refractivity contribution in [2.45, 2.75) is 43.2 Å². The number of anilines is 2. The van der Waals surface area contributed by atoms with E-state index >= 15 is 0 Å². The van der Waals surface area contributed by atoms with Crippen LogP contribution in [0.2, 0.25) is 0 Å². The summed E-state index contributed by atoms with van der Waals surface area (Å²) in [5.41, 5.74) is 1.18. The standard InChI is InChI=1S/C25H27N3O5S/c1-25-10-9-23(30)28(25)18-7-4-3-6-16(18)24(31)27(25)11-5-8-22(29)26-17-14-19-20(15-21(17)34-2)33-13-12-32-19/h3-4,6-7,14-15H,5,8-13H2,1-2H3,(H,26,29). The van der Waals surface area contributed by atoms with Crippen LogP contribution in [0.3, 0.4) is 0 Å². The maximum Gasteiger partial charge on any atom is 0.257 e. The Morgan fingerprint density at radius 1 is 1.15 bits per heavy atom. The summed E-state index contributed by atoms with van der Waals surface area (Å²) in [6, 6.07) is 10.9. The predicted octanol–water partition coefficient (Wildman–Crippen LogP) is 3.90. The van der Waals surface area contributed by atoms with Gasteiger partial charge in [-0.05, 0) is 44.2 Å². The molecule has 178 valence electrons. The third-order valence-electron chi connectivity index (χ3n) is 6.67. The average Bonchev–Trinajstić information content (AvgIpc) is 3.15. The van der Waals surface area contributed by atoms with E-state index in [9.17, 15) is 14.4 Å². The van der Waals surface area contributed by atoms with Crippen LogP contribution in [0.5, 0.6) is 11.5 Å². The second-order valence-electron chi connectivity index (χ2n) is 8.77. The number of hydrogen-bond donors (Lipinski definition) is 1. The third kappa shape index (κ3) is 3.77. The Labute approximate surface area is 202 Å². The number of hydrogen-bond acceptors (Lipinski definition) is 6. The van der Waals surface area contributed by atoms with Crippen molar-refractivity contribution in [2.24, 2.45) is 0 Å². The summed E-state index contributed by atoms with van der Waals surface area (Å²) in [5.74, 6) is 1.09. The molecular weight excluding hydrogens is 454 g/mol. The maximum absolute atomic E-state index is 13.3. The third-order valence-corrected chi connectivity index (χ3v) is 7.45. The lowest BCUT2D eigenvalue weighted by Gasteiger charge is -2.48. The molecule has 5 rings (SSSR count). The number of para-hydroxylation sites is 1. The van der Waals surface area contributed by atoms with E-state index in [2.05, 4.69) is 5.32 Å². The van der Waals surface area contributed by atoms with E-state index in [4.69, 9.17) is 9.47 Å². The van der Waals surface area contributed by atoms with E-state index in [-0.39, 0.29) is 24.1 Å². The number of nitrogens with zero attached hydrogens (tertiary/aromatic N) is 2. The van der Waals surface area contributed by atoms with Crippen LogP contribution in [0.4, 0.5) is 11.4 Å². The quantitative estimate of drug-likeness (QED) is 0.630. The highest BCUT2D eigenvalue weighted by atomic mass is 32.2. The van der Waals surface area contributed by atoms with Crippen LogP contribution in [0.15, 0.2) is 41.3 Å². The van der Waals surface area contributed by atoms with Crippen LogP contribution in [-0.4, -0.2) is 54.3 Å². The van der Waals surface area contributed by atoms with E-state index in [0.717, 1.165) is 4.90 Å². The van der Waals surface area contributed by atoms with Gasteiger partial charge >= 0.3 is 0 Å². The fourth-order valence-electron chi connectivity index (χ4n) is 4.99. The number of fused-ring (bicyclic) bond motifs is 4. The molecule has 1 N–H and O–H groups in total. The highest BCUT2D eigenvalue weighted by molar-refractivity contribution is 7.98. The van der Waals surface area contributed by atoms with Gasteiger partial charge < -0.3 is 19.7 Å². The molecule has 0 aliphatic carbocycles. The number of thioether (sulfide) groups is 1. The first-order valence-electron chi connectivity index (χ1n) is 11.4. The van der Waals surface area contributed by atoms with Crippen LogP contribution >= 0.6 is 11.8 Å². The second-order valence-corrected chi connectivity index (χ2v) is 9.62. The summed E-state index contributed by atoms with van der Waals surface area (Å²) in [6.45, 7) is 3.31. The average molecular weight is 482 g/mol. The van der Waals surface area contributed by atoms with E-state index in [1.54, 1.807) is 21.9 Å². The van der Waals surface area contributed by atoms with Gasteiger partial charge in [0.2, 0.25) is 11.8 Å². The minimum absolute atomic E-state index is 0.0217. The lowest BCUT2D eigenvalue weighted by molar-refractivity contribution is -0.118. The highest BCUT2D eigenvalue weighted by Gasteiger charge is 2.52. The molecule has 3 heterocycles. The number of ether oxygens (including phenoxy) is 2. The Bertz CT molecular complexity index is 1170. The highest BCUT2D eigenvalue weighted by Crippen LogP contribution is 2.44. The zero-order valence-corrected chi connectivity index (χ0v) is 20.1. The number of carbonyl (C=O) groups excluding carboxylic acids is 3. The Morgan fingerprint density at radius 2 is 1.88 bits per heavy atom. The van der Waals surface area contributed by atoms with Crippen molar-refractivity contribution in [2.75, 3.05) is 36.2 Å². The molecule has 1 atom stereocenters. The maximum atomic E-state index is 13.3. The zero-order chi connectivity index (χ0) is 23.9. The zero-order valence-electron chi connectivity index (χ0n) is 19.3. The topological polar surface area (TPSA) is 88.2 Å². The summed E-state index contributed by atoms with van der Waals surface area (Å²) in [5, 5.41) is 2.98. The van der Waals surface area contributed by atoms with Crippen LogP contribution in [0.25, 0.3) is 0 Å². The molecule has 8 nitrogen and oxygen atoms in total. The molecule has 0 aromatic heterocycles. The first-order valence-corrected chi connectivity index (χ1v) is 12.7. The summed E-state index contributed by atoms with van der Waals surface area (Å²) in [6.07, 6.45) is 3.65. The fourth-order valence-corrected chi connectivity index (χ4v) is 5.54. The van der Waals surface area contributed by atoms with Crippen molar-refractivity contribution in [3.8, 4) is 11.5 Å². The van der Waals surface area contributed by atoms with E-state index in [0.29, 0.717) is 67.5 Å². The second kappa shape index (κ2) is 8.87. The Morgan fingerprint density at radius 3 is 2.65 bits per heavy atom. The monoisotopic (exact) mass is 481 g/mol. The molecule has 9 heteroatoms. The number of carbonyl (C=O) groups is 3. The smallest absolute Gasteiger partial charge is 0.257 e. The SMILES string of the molecule is CSc1cc2c(cc1NC(=O)CCCN1C(=O)c3ccccc3N3C(=O)CCC13C)OCCO2. The van der Waals surface area contributed by atoms with Gasteiger partial charge in [-0.25, -0.2) is 0 Å². The lowest BCUT2D eigenvalue weighted by Crippen LogP contribution is -2.62. The molecule has 2 aromatic rings. The Hall–Kier alpha value is -3.20. The van der Waals surface area contributed by atoms with Gasteiger partial charge in [-0.15, -0.1) is 11.8 Å². The van der Waals surface area contributed by atoms with Gasteiger partial charge in [0.25, 0.3) is 5.91 Å². The largest absolute Gasteiger partial charge is 0.486 e. The van der Waals surface area contributed by atoms with Gasteiger partial charge in [0.1, 0.15) is 18.9 Å². The van der Waals surface area contributed by atoms with E-state index in [1.807, 2.05) is 37.4 Å². The number of amides is 3. The van der Waals surface area contributed by atoms with Gasteiger partial charge in [-0.2, -0.15) is 0 Å². The first-order chi connectivity index (χ1) is 16.4. The van der Waals surface area contributed by atoms with Crippen LogP contribution in [-0.2, 0) is 9.59 Å². The molecule has 0 spiro atoms. The Balaban J connectivity index is 1.27. The number of nitrogens with one attached hydrogen (secondary N) is 1. The predicted molar refractivity (Wildman–Crippen MR) is 130 cm³/mol. The normalized spacial score (nSPS) is 20.8. The molecule has 3 aliphatic heterocycles. The molecule has 1 saturated heterocycles. The summed E-state index contributed by atoms with van der Waals surface area (Å²) >= 11 is 1.52. The van der Waals surface area contributed by atoms with E-state index in [1.165, 1.54) is 11.8 Å². The van der Waals surface area contributed by atoms with Crippen LogP contribution in [0.1, 0.15) is 43.0 Å². The van der Waals surface area contributed by atoms with E-state index < -0.39 is 5.66 Å². The molecule has 1 unspecified atom stereocenters. The molecule has 1 fully saturated rings. The molecule has 3 amide bonds. The van der Waals surface area contributed by atoms with Crippen molar-refractivity contribution in [1.82, 2.24) is 4.90 Å². The lowest BCUT2D eigenvalue weighted by atomic mass is 9.98.